The number of imidazole rings is 1. The van der Waals surface area contributed by atoms with Crippen molar-refractivity contribution in [2.75, 3.05) is 0 Å². The average Bonchev–Trinajstić information content (AvgIpc) is 2.78. The summed E-state index contributed by atoms with van der Waals surface area (Å²) in [4.78, 5) is 4.60. The number of benzene rings is 2. The molecule has 0 aliphatic heterocycles. The Bertz CT molecular complexity index is 768. The summed E-state index contributed by atoms with van der Waals surface area (Å²) in [5.74, 6) is 1.25. The molecule has 0 amide bonds. The Morgan fingerprint density at radius 2 is 1.95 bits per heavy atom. The lowest BCUT2D eigenvalue weighted by Crippen LogP contribution is -2.04. The summed E-state index contributed by atoms with van der Waals surface area (Å²) < 4.78 is 3.29. The number of nitrogens with zero attached hydrogens (tertiary/aromatic N) is 2. The molecule has 2 aromatic carbocycles. The molecule has 5 heteroatoms. The van der Waals surface area contributed by atoms with Gasteiger partial charge in [-0.2, -0.15) is 0 Å². The second-order valence-corrected chi connectivity index (χ2v) is 6.39. The van der Waals surface area contributed by atoms with Crippen LogP contribution in [0.25, 0.3) is 11.0 Å². The summed E-state index contributed by atoms with van der Waals surface area (Å²) in [7, 11) is 0. The summed E-state index contributed by atoms with van der Waals surface area (Å²) in [6.07, 6.45) is 0. The minimum atomic E-state index is 0.385. The third kappa shape index (κ3) is 2.67. The average molecular weight is 417 g/mol. The molecule has 102 valence electrons. The maximum atomic E-state index is 6.25. The summed E-state index contributed by atoms with van der Waals surface area (Å²) in [6, 6.07) is 14.1. The van der Waals surface area contributed by atoms with Crippen molar-refractivity contribution in [2.24, 2.45) is 0 Å². The smallest absolute Gasteiger partial charge is 0.125 e. The second-order valence-electron chi connectivity index (χ2n) is 4.47. The second kappa shape index (κ2) is 5.92. The van der Waals surface area contributed by atoms with Gasteiger partial charge in [0.05, 0.1) is 23.5 Å². The summed E-state index contributed by atoms with van der Waals surface area (Å²) >= 11 is 14.6. The van der Waals surface area contributed by atoms with E-state index < -0.39 is 0 Å². The van der Waals surface area contributed by atoms with Crippen LogP contribution in [0.5, 0.6) is 0 Å². The van der Waals surface area contributed by atoms with Gasteiger partial charge in [-0.1, -0.05) is 29.8 Å². The maximum absolute atomic E-state index is 6.25. The molecule has 0 aliphatic rings. The molecule has 0 radical (unpaired) electrons. The molecular weight excluding hydrogens is 406 g/mol. The van der Waals surface area contributed by atoms with Gasteiger partial charge in [-0.3, -0.25) is 0 Å². The molecule has 3 rings (SSSR count). The van der Waals surface area contributed by atoms with Crippen molar-refractivity contribution < 1.29 is 0 Å². The van der Waals surface area contributed by atoms with Crippen molar-refractivity contribution in [3.63, 3.8) is 0 Å². The Morgan fingerprint density at radius 3 is 2.70 bits per heavy atom. The van der Waals surface area contributed by atoms with Gasteiger partial charge in [0.2, 0.25) is 0 Å². The molecule has 0 atom stereocenters. The predicted octanol–water partition coefficient (Wildman–Crippen LogP) is 5.08. The molecule has 1 heterocycles. The Labute approximate surface area is 140 Å². The highest BCUT2D eigenvalue weighted by molar-refractivity contribution is 14.1. The molecule has 0 unspecified atom stereocenters. The maximum Gasteiger partial charge on any atom is 0.125 e. The van der Waals surface area contributed by atoms with E-state index in [4.69, 9.17) is 23.2 Å². The third-order valence-corrected chi connectivity index (χ3v) is 4.47. The minimum Gasteiger partial charge on any atom is -0.322 e. The van der Waals surface area contributed by atoms with Crippen molar-refractivity contribution >= 4 is 56.8 Å². The van der Waals surface area contributed by atoms with Gasteiger partial charge >= 0.3 is 0 Å². The lowest BCUT2D eigenvalue weighted by Gasteiger charge is -2.09. The van der Waals surface area contributed by atoms with Crippen LogP contribution in [0, 0.1) is 3.57 Å². The van der Waals surface area contributed by atoms with Crippen LogP contribution in [0.4, 0.5) is 0 Å². The summed E-state index contributed by atoms with van der Waals surface area (Å²) in [5.41, 5.74) is 3.12. The zero-order valence-corrected chi connectivity index (χ0v) is 14.2. The van der Waals surface area contributed by atoms with Gasteiger partial charge in [-0.15, -0.1) is 11.6 Å². The molecule has 20 heavy (non-hydrogen) atoms. The Morgan fingerprint density at radius 1 is 1.15 bits per heavy atom. The van der Waals surface area contributed by atoms with E-state index in [-0.39, 0.29) is 0 Å². The first-order valence-corrected chi connectivity index (χ1v) is 8.12. The Hall–Kier alpha value is -0.780. The van der Waals surface area contributed by atoms with Gasteiger partial charge in [-0.25, -0.2) is 4.98 Å². The largest absolute Gasteiger partial charge is 0.322 e. The Kier molecular flexibility index (Phi) is 4.19. The first-order chi connectivity index (χ1) is 9.69. The molecule has 0 fully saturated rings. The van der Waals surface area contributed by atoms with E-state index in [9.17, 15) is 0 Å². The van der Waals surface area contributed by atoms with Crippen LogP contribution in [0.15, 0.2) is 42.5 Å². The van der Waals surface area contributed by atoms with Crippen LogP contribution in [-0.4, -0.2) is 9.55 Å². The molecule has 0 bridgehead atoms. The van der Waals surface area contributed by atoms with E-state index in [2.05, 4.69) is 50.3 Å². The van der Waals surface area contributed by atoms with E-state index >= 15 is 0 Å². The van der Waals surface area contributed by atoms with E-state index in [1.807, 2.05) is 24.3 Å². The normalized spacial score (nSPS) is 11.2. The first-order valence-electron chi connectivity index (χ1n) is 6.13. The fraction of sp³-hybridized carbons (Fsp3) is 0.133. The zero-order chi connectivity index (χ0) is 14.1. The highest BCUT2D eigenvalue weighted by atomic mass is 127. The standard InChI is InChI=1S/C15H11Cl2IN2/c16-8-15-19-13-7-11(18)5-6-14(13)20(15)9-10-3-1-2-4-12(10)17/h1-7H,8-9H2. The number of hydrogen-bond acceptors (Lipinski definition) is 1. The van der Waals surface area contributed by atoms with E-state index in [0.29, 0.717) is 12.4 Å². The van der Waals surface area contributed by atoms with Gasteiger partial charge in [0.15, 0.2) is 0 Å². The van der Waals surface area contributed by atoms with Crippen LogP contribution < -0.4 is 0 Å². The number of alkyl halides is 1. The number of halogens is 3. The molecule has 2 nitrogen and oxygen atoms in total. The predicted molar refractivity (Wildman–Crippen MR) is 92.6 cm³/mol. The summed E-state index contributed by atoms with van der Waals surface area (Å²) in [5, 5.41) is 0.764. The molecule has 0 aliphatic carbocycles. The van der Waals surface area contributed by atoms with Gasteiger partial charge < -0.3 is 4.57 Å². The molecule has 0 saturated heterocycles. The molecule has 3 aromatic rings. The molecule has 0 spiro atoms. The lowest BCUT2D eigenvalue weighted by atomic mass is 10.2. The highest BCUT2D eigenvalue weighted by Gasteiger charge is 2.11. The lowest BCUT2D eigenvalue weighted by molar-refractivity contribution is 0.779. The van der Waals surface area contributed by atoms with Crippen molar-refractivity contribution in [3.05, 3.63) is 62.4 Å². The minimum absolute atomic E-state index is 0.385. The fourth-order valence-electron chi connectivity index (χ4n) is 2.23. The van der Waals surface area contributed by atoms with Crippen molar-refractivity contribution in [1.82, 2.24) is 9.55 Å². The fourth-order valence-corrected chi connectivity index (χ4v) is 3.10. The van der Waals surface area contributed by atoms with E-state index in [1.165, 1.54) is 3.57 Å². The SMILES string of the molecule is ClCc1nc2cc(I)ccc2n1Cc1ccccc1Cl. The highest BCUT2D eigenvalue weighted by Crippen LogP contribution is 2.23. The summed E-state index contributed by atoms with van der Waals surface area (Å²) in [6.45, 7) is 0.679. The van der Waals surface area contributed by atoms with Gasteiger partial charge in [0.1, 0.15) is 5.82 Å². The Balaban J connectivity index is 2.12. The number of hydrogen-bond donors (Lipinski definition) is 0. The third-order valence-electron chi connectivity index (χ3n) is 3.20. The van der Waals surface area contributed by atoms with Gasteiger partial charge in [0.25, 0.3) is 0 Å². The van der Waals surface area contributed by atoms with Crippen molar-refractivity contribution in [2.45, 2.75) is 12.4 Å². The number of fused-ring (bicyclic) bond motifs is 1. The van der Waals surface area contributed by atoms with Gasteiger partial charge in [0, 0.05) is 8.59 Å². The van der Waals surface area contributed by atoms with Gasteiger partial charge in [-0.05, 0) is 52.4 Å². The molecule has 0 saturated carbocycles. The molecule has 1 aromatic heterocycles. The van der Waals surface area contributed by atoms with Crippen LogP contribution in [-0.2, 0) is 12.4 Å². The van der Waals surface area contributed by atoms with Crippen LogP contribution in [0.2, 0.25) is 5.02 Å². The number of rotatable bonds is 3. The van der Waals surface area contributed by atoms with Crippen LogP contribution >= 0.6 is 45.8 Å². The van der Waals surface area contributed by atoms with Crippen molar-refractivity contribution in [3.8, 4) is 0 Å². The first kappa shape index (κ1) is 14.2. The van der Waals surface area contributed by atoms with E-state index in [0.717, 1.165) is 27.4 Å². The van der Waals surface area contributed by atoms with Crippen LogP contribution in [0.3, 0.4) is 0 Å². The van der Waals surface area contributed by atoms with Crippen LogP contribution in [0.1, 0.15) is 11.4 Å². The zero-order valence-electron chi connectivity index (χ0n) is 10.5. The number of aromatic nitrogens is 2. The van der Waals surface area contributed by atoms with Crippen molar-refractivity contribution in [1.29, 1.82) is 0 Å². The topological polar surface area (TPSA) is 17.8 Å². The quantitative estimate of drug-likeness (QED) is 0.430. The molecule has 0 N–H and O–H groups in total. The van der Waals surface area contributed by atoms with E-state index in [1.54, 1.807) is 0 Å². The molecular formula is C15H11Cl2IN2. The monoisotopic (exact) mass is 416 g/mol.